The molecule has 1 aromatic carbocycles. The van der Waals surface area contributed by atoms with Crippen molar-refractivity contribution in [3.63, 3.8) is 0 Å². The molecule has 0 spiro atoms. The van der Waals surface area contributed by atoms with Crippen molar-refractivity contribution in [3.8, 4) is 5.75 Å². The van der Waals surface area contributed by atoms with Crippen LogP contribution in [0.2, 0.25) is 5.02 Å². The van der Waals surface area contributed by atoms with Crippen molar-refractivity contribution in [3.05, 3.63) is 58.2 Å². The van der Waals surface area contributed by atoms with Crippen LogP contribution < -0.4 is 10.1 Å². The Balaban J connectivity index is 1.59. The summed E-state index contributed by atoms with van der Waals surface area (Å²) in [6, 6.07) is 5.74. The fourth-order valence-corrected chi connectivity index (χ4v) is 2.83. The molecule has 0 saturated carbocycles. The molecule has 0 fully saturated rings. The average molecular weight is 388 g/mol. The van der Waals surface area contributed by atoms with Crippen LogP contribution in [0.15, 0.2) is 30.5 Å². The summed E-state index contributed by atoms with van der Waals surface area (Å²) in [4.78, 5) is 16.7. The topological polar surface area (TPSA) is 84.3 Å². The van der Waals surface area contributed by atoms with Crippen LogP contribution >= 0.6 is 11.6 Å². The minimum absolute atomic E-state index is 0.0396. The minimum atomic E-state index is -0.375. The summed E-state index contributed by atoms with van der Waals surface area (Å²) < 4.78 is 7.14. The highest BCUT2D eigenvalue weighted by molar-refractivity contribution is 6.34. The van der Waals surface area contributed by atoms with E-state index in [1.165, 1.54) is 4.63 Å². The highest BCUT2D eigenvalue weighted by Gasteiger charge is 2.18. The first-order valence-corrected chi connectivity index (χ1v) is 8.97. The molecule has 27 heavy (non-hydrogen) atoms. The van der Waals surface area contributed by atoms with E-state index in [0.717, 1.165) is 16.8 Å². The lowest BCUT2D eigenvalue weighted by Crippen LogP contribution is -2.30. The smallest absolute Gasteiger partial charge is 0.286 e. The molecule has 7 nitrogen and oxygen atoms in total. The Bertz CT molecular complexity index is 1020. The molecule has 0 saturated heterocycles. The van der Waals surface area contributed by atoms with Gasteiger partial charge in [0.2, 0.25) is 0 Å². The van der Waals surface area contributed by atoms with Gasteiger partial charge < -0.3 is 10.1 Å². The number of ether oxygens (including phenoxy) is 1. The maximum Gasteiger partial charge on any atom is 0.286 e. The van der Waals surface area contributed by atoms with Gasteiger partial charge in [-0.15, -0.1) is 5.10 Å². The molecule has 2 N–H and O–H groups in total. The average Bonchev–Trinajstić information content (AvgIpc) is 3.14. The van der Waals surface area contributed by atoms with Gasteiger partial charge in [0.25, 0.3) is 5.91 Å². The third-order valence-electron chi connectivity index (χ3n) is 4.25. The second-order valence-electron chi connectivity index (χ2n) is 6.66. The third-order valence-corrected chi connectivity index (χ3v) is 4.70. The number of aromatic amines is 1. The summed E-state index contributed by atoms with van der Waals surface area (Å²) in [5.74, 6) is 0.763. The van der Waals surface area contributed by atoms with Crippen molar-refractivity contribution >= 4 is 23.2 Å². The third kappa shape index (κ3) is 3.98. The second-order valence-corrected chi connectivity index (χ2v) is 7.04. The van der Waals surface area contributed by atoms with Crippen molar-refractivity contribution < 1.29 is 9.53 Å². The molecule has 2 heterocycles. The number of carbonyl (C=O) groups excluding carboxylic acids is 1. The summed E-state index contributed by atoms with van der Waals surface area (Å²) in [6.07, 6.45) is 0. The quantitative estimate of drug-likeness (QED) is 0.501. The van der Waals surface area contributed by atoms with Gasteiger partial charge in [0, 0.05) is 12.5 Å². The molecule has 0 radical (unpaired) electrons. The number of hydrogen-bond acceptors (Lipinski definition) is 4. The van der Waals surface area contributed by atoms with E-state index in [9.17, 15) is 4.79 Å². The van der Waals surface area contributed by atoms with Crippen LogP contribution in [-0.4, -0.2) is 32.3 Å². The molecule has 2 aromatic heterocycles. The molecule has 1 amide bonds. The number of H-pyrrole nitrogens is 1. The summed E-state index contributed by atoms with van der Waals surface area (Å²) in [7, 11) is 0. The molecular formula is C19H22ClN5O2. The first-order valence-electron chi connectivity index (χ1n) is 8.59. The van der Waals surface area contributed by atoms with Gasteiger partial charge in [0.1, 0.15) is 10.8 Å². The fraction of sp³-hybridized carbons (Fsp3) is 0.316. The van der Waals surface area contributed by atoms with Crippen LogP contribution in [0.1, 0.15) is 35.5 Å². The van der Waals surface area contributed by atoms with Gasteiger partial charge in [-0.3, -0.25) is 9.89 Å². The maximum atomic E-state index is 12.3. The van der Waals surface area contributed by atoms with Crippen molar-refractivity contribution in [2.45, 2.75) is 33.6 Å². The molecule has 0 aliphatic heterocycles. The number of amides is 1. The molecule has 0 bridgehead atoms. The predicted molar refractivity (Wildman–Crippen MR) is 104 cm³/mol. The van der Waals surface area contributed by atoms with E-state index >= 15 is 0 Å². The summed E-state index contributed by atoms with van der Waals surface area (Å²) in [5, 5.41) is 10.7. The SMILES string of the molecule is C=C(Oc1ccc(C)cc1C)C(=O)NCC(C)c1nc2c(Cl)c(C)[nH]n2n1. The van der Waals surface area contributed by atoms with Gasteiger partial charge in [-0.25, -0.2) is 4.98 Å². The van der Waals surface area contributed by atoms with Crippen LogP contribution in [0.25, 0.3) is 5.65 Å². The Hall–Kier alpha value is -2.80. The van der Waals surface area contributed by atoms with Gasteiger partial charge in [-0.05, 0) is 32.4 Å². The highest BCUT2D eigenvalue weighted by Crippen LogP contribution is 2.22. The van der Waals surface area contributed by atoms with Crippen molar-refractivity contribution in [2.75, 3.05) is 6.54 Å². The molecule has 8 heteroatoms. The van der Waals surface area contributed by atoms with Gasteiger partial charge in [0.15, 0.2) is 17.2 Å². The summed E-state index contributed by atoms with van der Waals surface area (Å²) >= 11 is 6.18. The molecular weight excluding hydrogens is 366 g/mol. The number of aromatic nitrogens is 4. The van der Waals surface area contributed by atoms with E-state index < -0.39 is 0 Å². The van der Waals surface area contributed by atoms with E-state index in [0.29, 0.717) is 28.8 Å². The van der Waals surface area contributed by atoms with Gasteiger partial charge in [-0.1, -0.05) is 42.8 Å². The van der Waals surface area contributed by atoms with Crippen molar-refractivity contribution in [1.29, 1.82) is 0 Å². The Kier molecular flexibility index (Phi) is 5.23. The number of hydrogen-bond donors (Lipinski definition) is 2. The predicted octanol–water partition coefficient (Wildman–Crippen LogP) is 3.45. The Morgan fingerprint density at radius 2 is 2.15 bits per heavy atom. The molecule has 1 atom stereocenters. The Morgan fingerprint density at radius 1 is 1.41 bits per heavy atom. The zero-order chi connectivity index (χ0) is 19.7. The highest BCUT2D eigenvalue weighted by atomic mass is 35.5. The number of nitrogens with one attached hydrogen (secondary N) is 2. The van der Waals surface area contributed by atoms with Crippen LogP contribution in [0, 0.1) is 20.8 Å². The van der Waals surface area contributed by atoms with Gasteiger partial charge in [0.05, 0.1) is 5.69 Å². The van der Waals surface area contributed by atoms with Crippen LogP contribution in [0.3, 0.4) is 0 Å². The van der Waals surface area contributed by atoms with Crippen molar-refractivity contribution in [2.24, 2.45) is 0 Å². The molecule has 0 aliphatic carbocycles. The molecule has 0 aliphatic rings. The largest absolute Gasteiger partial charge is 0.452 e. The van der Waals surface area contributed by atoms with E-state index in [2.05, 4.69) is 27.1 Å². The second kappa shape index (κ2) is 7.44. The number of fused-ring (bicyclic) bond motifs is 1. The first kappa shape index (κ1) is 19.0. The number of rotatable bonds is 6. The number of carbonyl (C=O) groups is 1. The normalized spacial score (nSPS) is 12.2. The van der Waals surface area contributed by atoms with Crippen LogP contribution in [0.4, 0.5) is 0 Å². The zero-order valence-corrected chi connectivity index (χ0v) is 16.5. The summed E-state index contributed by atoms with van der Waals surface area (Å²) in [5.41, 5.74) is 3.45. The monoisotopic (exact) mass is 387 g/mol. The lowest BCUT2D eigenvalue weighted by molar-refractivity contribution is -0.119. The molecule has 1 unspecified atom stereocenters. The first-order chi connectivity index (χ1) is 12.8. The maximum absolute atomic E-state index is 12.3. The zero-order valence-electron chi connectivity index (χ0n) is 15.8. The molecule has 3 aromatic rings. The fourth-order valence-electron chi connectivity index (χ4n) is 2.66. The summed E-state index contributed by atoms with van der Waals surface area (Å²) in [6.45, 7) is 11.8. The Labute approximate surface area is 162 Å². The van der Waals surface area contributed by atoms with Crippen molar-refractivity contribution in [1.82, 2.24) is 25.1 Å². The minimum Gasteiger partial charge on any atom is -0.452 e. The molecule has 142 valence electrons. The van der Waals surface area contributed by atoms with E-state index in [-0.39, 0.29) is 17.6 Å². The lowest BCUT2D eigenvalue weighted by Gasteiger charge is -2.13. The Morgan fingerprint density at radius 3 is 2.81 bits per heavy atom. The van der Waals surface area contributed by atoms with Gasteiger partial charge >= 0.3 is 0 Å². The van der Waals surface area contributed by atoms with Crippen LogP contribution in [0.5, 0.6) is 5.75 Å². The van der Waals surface area contributed by atoms with Gasteiger partial charge in [-0.2, -0.15) is 4.63 Å². The standard InChI is InChI=1S/C19H22ClN5O2/c1-10-6-7-15(11(2)8-10)27-14(5)19(26)21-9-12(3)17-22-18-16(20)13(4)23-25(18)24-17/h6-8,12,23H,5,9H2,1-4H3,(H,21,26). The lowest BCUT2D eigenvalue weighted by atomic mass is 10.1. The van der Waals surface area contributed by atoms with E-state index in [1.807, 2.05) is 45.9 Å². The number of aryl methyl sites for hydroxylation is 3. The van der Waals surface area contributed by atoms with E-state index in [4.69, 9.17) is 16.3 Å². The van der Waals surface area contributed by atoms with E-state index in [1.54, 1.807) is 0 Å². The number of nitrogens with zero attached hydrogens (tertiary/aromatic N) is 3. The van der Waals surface area contributed by atoms with Crippen LogP contribution in [-0.2, 0) is 4.79 Å². The number of benzene rings is 1. The number of halogens is 1. The molecule has 3 rings (SSSR count).